The van der Waals surface area contributed by atoms with Crippen LogP contribution in [0.15, 0.2) is 78.9 Å². The van der Waals surface area contributed by atoms with Crippen LogP contribution >= 0.6 is 0 Å². The molecule has 0 bridgehead atoms. The zero-order valence-electron chi connectivity index (χ0n) is 15.2. The third kappa shape index (κ3) is 2.36. The van der Waals surface area contributed by atoms with Crippen molar-refractivity contribution in [1.82, 2.24) is 0 Å². The van der Waals surface area contributed by atoms with E-state index in [-0.39, 0.29) is 5.92 Å². The third-order valence-electron chi connectivity index (χ3n) is 6.15. The van der Waals surface area contributed by atoms with Crippen LogP contribution in [-0.4, -0.2) is 5.78 Å². The zero-order chi connectivity index (χ0) is 18.3. The van der Waals surface area contributed by atoms with E-state index in [1.165, 1.54) is 5.56 Å². The van der Waals surface area contributed by atoms with E-state index in [0.717, 1.165) is 41.9 Å². The SMILES string of the molecule is O=C1CCCCC1C1(c2ccccc2)c2ccccc2Oc2ccccc21. The van der Waals surface area contributed by atoms with Crippen LogP contribution in [0.4, 0.5) is 0 Å². The summed E-state index contributed by atoms with van der Waals surface area (Å²) < 4.78 is 6.27. The number of ether oxygens (including phenoxy) is 1. The van der Waals surface area contributed by atoms with Crippen LogP contribution in [0.5, 0.6) is 11.5 Å². The summed E-state index contributed by atoms with van der Waals surface area (Å²) in [6.07, 6.45) is 3.68. The number of hydrogen-bond acceptors (Lipinski definition) is 2. The number of fused-ring (bicyclic) bond motifs is 2. The monoisotopic (exact) mass is 354 g/mol. The highest BCUT2D eigenvalue weighted by Gasteiger charge is 2.51. The van der Waals surface area contributed by atoms with Gasteiger partial charge in [0.05, 0.1) is 5.41 Å². The van der Waals surface area contributed by atoms with E-state index in [4.69, 9.17) is 4.74 Å². The fourth-order valence-electron chi connectivity index (χ4n) is 5.06. The smallest absolute Gasteiger partial charge is 0.137 e. The van der Waals surface area contributed by atoms with Gasteiger partial charge in [-0.3, -0.25) is 4.79 Å². The fourth-order valence-corrected chi connectivity index (χ4v) is 5.06. The van der Waals surface area contributed by atoms with E-state index in [9.17, 15) is 4.79 Å². The second-order valence-corrected chi connectivity index (χ2v) is 7.53. The average molecular weight is 354 g/mol. The lowest BCUT2D eigenvalue weighted by Crippen LogP contribution is -2.45. The van der Waals surface area contributed by atoms with Gasteiger partial charge in [0, 0.05) is 23.5 Å². The molecule has 0 amide bonds. The van der Waals surface area contributed by atoms with Gasteiger partial charge in [0.25, 0.3) is 0 Å². The molecule has 1 aliphatic carbocycles. The van der Waals surface area contributed by atoms with Gasteiger partial charge in [-0.1, -0.05) is 73.2 Å². The predicted octanol–water partition coefficient (Wildman–Crippen LogP) is 5.89. The molecule has 0 N–H and O–H groups in total. The molecule has 1 atom stereocenters. The van der Waals surface area contributed by atoms with E-state index in [1.807, 2.05) is 30.3 Å². The van der Waals surface area contributed by atoms with Gasteiger partial charge in [-0.2, -0.15) is 0 Å². The van der Waals surface area contributed by atoms with Crippen LogP contribution in [0.25, 0.3) is 0 Å². The number of para-hydroxylation sites is 2. The molecule has 1 fully saturated rings. The van der Waals surface area contributed by atoms with Crippen molar-refractivity contribution >= 4 is 5.78 Å². The van der Waals surface area contributed by atoms with Crippen molar-refractivity contribution in [2.24, 2.45) is 5.92 Å². The molecule has 3 aromatic carbocycles. The van der Waals surface area contributed by atoms with Crippen LogP contribution in [0, 0.1) is 5.92 Å². The number of hydrogen-bond donors (Lipinski definition) is 0. The molecular weight excluding hydrogens is 332 g/mol. The zero-order valence-corrected chi connectivity index (χ0v) is 15.2. The number of rotatable bonds is 2. The Hall–Kier alpha value is -2.87. The fraction of sp³-hybridized carbons (Fsp3) is 0.240. The Bertz CT molecular complexity index is 944. The Labute approximate surface area is 159 Å². The quantitative estimate of drug-likeness (QED) is 0.574. The van der Waals surface area contributed by atoms with Crippen LogP contribution < -0.4 is 4.74 Å². The summed E-state index contributed by atoms with van der Waals surface area (Å²) in [5.41, 5.74) is 2.89. The van der Waals surface area contributed by atoms with E-state index in [1.54, 1.807) is 0 Å². The lowest BCUT2D eigenvalue weighted by Gasteiger charge is -2.46. The molecule has 0 radical (unpaired) electrons. The van der Waals surface area contributed by atoms with Gasteiger partial charge >= 0.3 is 0 Å². The Morgan fingerprint density at radius 3 is 1.96 bits per heavy atom. The first-order valence-corrected chi connectivity index (χ1v) is 9.77. The maximum absolute atomic E-state index is 13.3. The first kappa shape index (κ1) is 16.3. The highest BCUT2D eigenvalue weighted by molar-refractivity contribution is 5.86. The summed E-state index contributed by atoms with van der Waals surface area (Å²) in [6, 6.07) is 27.0. The standard InChI is InChI=1S/C25H22O2/c26-22-15-7-4-12-19(22)25(18-10-2-1-3-11-18)20-13-5-8-16-23(20)27-24-17-9-6-14-21(24)25/h1-3,5-6,8-11,13-14,16-17,19H,4,7,12,15H2. The van der Waals surface area contributed by atoms with Crippen molar-refractivity contribution in [3.63, 3.8) is 0 Å². The Balaban J connectivity index is 1.89. The van der Waals surface area contributed by atoms with Crippen molar-refractivity contribution < 1.29 is 9.53 Å². The van der Waals surface area contributed by atoms with Gasteiger partial charge in [0.2, 0.25) is 0 Å². The maximum Gasteiger partial charge on any atom is 0.137 e. The summed E-state index contributed by atoms with van der Waals surface area (Å²) in [5, 5.41) is 0. The average Bonchev–Trinajstić information content (AvgIpc) is 2.73. The molecule has 2 nitrogen and oxygen atoms in total. The van der Waals surface area contributed by atoms with Gasteiger partial charge in [-0.15, -0.1) is 0 Å². The third-order valence-corrected chi connectivity index (χ3v) is 6.15. The Kier molecular flexibility index (Phi) is 3.86. The van der Waals surface area contributed by atoms with Crippen LogP contribution in [0.2, 0.25) is 0 Å². The van der Waals surface area contributed by atoms with Crippen molar-refractivity contribution in [1.29, 1.82) is 0 Å². The van der Waals surface area contributed by atoms with Crippen LogP contribution in [0.1, 0.15) is 42.4 Å². The summed E-state index contributed by atoms with van der Waals surface area (Å²) in [4.78, 5) is 13.3. The first-order chi connectivity index (χ1) is 13.3. The highest BCUT2D eigenvalue weighted by Crippen LogP contribution is 2.57. The first-order valence-electron chi connectivity index (χ1n) is 9.77. The molecule has 2 aliphatic rings. The molecule has 5 rings (SSSR count). The molecule has 0 aromatic heterocycles. The minimum atomic E-state index is -0.496. The summed E-state index contributed by atoms with van der Waals surface area (Å²) in [6.45, 7) is 0. The molecule has 0 spiro atoms. The highest BCUT2D eigenvalue weighted by atomic mass is 16.5. The topological polar surface area (TPSA) is 26.3 Å². The molecule has 3 aromatic rings. The predicted molar refractivity (Wildman–Crippen MR) is 106 cm³/mol. The lowest BCUT2D eigenvalue weighted by molar-refractivity contribution is -0.126. The largest absolute Gasteiger partial charge is 0.457 e. The second kappa shape index (κ2) is 6.38. The molecule has 27 heavy (non-hydrogen) atoms. The van der Waals surface area contributed by atoms with E-state index < -0.39 is 5.41 Å². The Morgan fingerprint density at radius 1 is 0.741 bits per heavy atom. The number of carbonyl (C=O) groups is 1. The Morgan fingerprint density at radius 2 is 1.33 bits per heavy atom. The molecule has 1 unspecified atom stereocenters. The van der Waals surface area contributed by atoms with Crippen LogP contribution in [0.3, 0.4) is 0 Å². The van der Waals surface area contributed by atoms with Crippen molar-refractivity contribution in [3.8, 4) is 11.5 Å². The molecule has 1 saturated carbocycles. The minimum Gasteiger partial charge on any atom is -0.457 e. The van der Waals surface area contributed by atoms with Crippen molar-refractivity contribution in [2.75, 3.05) is 0 Å². The van der Waals surface area contributed by atoms with Crippen LogP contribution in [-0.2, 0) is 10.2 Å². The van der Waals surface area contributed by atoms with Gasteiger partial charge in [0.1, 0.15) is 17.3 Å². The van der Waals surface area contributed by atoms with Crippen molar-refractivity contribution in [3.05, 3.63) is 95.6 Å². The van der Waals surface area contributed by atoms with E-state index in [2.05, 4.69) is 48.5 Å². The normalized spacial score (nSPS) is 20.3. The van der Waals surface area contributed by atoms with Gasteiger partial charge in [0.15, 0.2) is 0 Å². The molecule has 2 heteroatoms. The molecule has 1 aliphatic heterocycles. The number of ketones is 1. The summed E-state index contributed by atoms with van der Waals surface area (Å²) >= 11 is 0. The second-order valence-electron chi connectivity index (χ2n) is 7.53. The number of benzene rings is 3. The molecule has 1 heterocycles. The number of Topliss-reactive ketones (excluding diaryl/α,β-unsaturated/α-hetero) is 1. The van der Waals surface area contributed by atoms with Crippen molar-refractivity contribution in [2.45, 2.75) is 31.1 Å². The minimum absolute atomic E-state index is 0.0696. The molecular formula is C25H22O2. The number of carbonyl (C=O) groups excluding carboxylic acids is 1. The maximum atomic E-state index is 13.3. The summed E-state index contributed by atoms with van der Waals surface area (Å²) in [7, 11) is 0. The van der Waals surface area contributed by atoms with Gasteiger partial charge in [-0.25, -0.2) is 0 Å². The summed E-state index contributed by atoms with van der Waals surface area (Å²) in [5.74, 6) is 2.02. The van der Waals surface area contributed by atoms with Gasteiger partial charge < -0.3 is 4.74 Å². The van der Waals surface area contributed by atoms with E-state index >= 15 is 0 Å². The van der Waals surface area contributed by atoms with Gasteiger partial charge in [-0.05, 0) is 30.5 Å². The lowest BCUT2D eigenvalue weighted by atomic mass is 9.57. The van der Waals surface area contributed by atoms with E-state index in [0.29, 0.717) is 12.2 Å². The molecule has 134 valence electrons. The molecule has 0 saturated heterocycles.